The van der Waals surface area contributed by atoms with Crippen molar-refractivity contribution in [2.24, 2.45) is 0 Å². The summed E-state index contributed by atoms with van der Waals surface area (Å²) in [5, 5.41) is 7.59. The van der Waals surface area contributed by atoms with E-state index in [1.165, 1.54) is 0 Å². The van der Waals surface area contributed by atoms with Gasteiger partial charge in [0.1, 0.15) is 0 Å². The topological polar surface area (TPSA) is 58.4 Å². The van der Waals surface area contributed by atoms with Crippen molar-refractivity contribution < 1.29 is 9.32 Å². The van der Waals surface area contributed by atoms with Crippen molar-refractivity contribution in [1.29, 1.82) is 0 Å². The van der Waals surface area contributed by atoms with Gasteiger partial charge in [-0.2, -0.15) is 0 Å². The predicted molar refractivity (Wildman–Crippen MR) is 111 cm³/mol. The van der Waals surface area contributed by atoms with Gasteiger partial charge in [0, 0.05) is 23.2 Å². The van der Waals surface area contributed by atoms with Gasteiger partial charge in [0.2, 0.25) is 0 Å². The lowest BCUT2D eigenvalue weighted by atomic mass is 10.0. The Morgan fingerprint density at radius 2 is 1.79 bits per heavy atom. The highest BCUT2D eigenvalue weighted by molar-refractivity contribution is 6.31. The summed E-state index contributed by atoms with van der Waals surface area (Å²) < 4.78 is 5.33. The zero-order chi connectivity index (χ0) is 19.9. The average molecular weight is 398 g/mol. The smallest absolute Gasteiger partial charge is 0.273 e. The van der Waals surface area contributed by atoms with E-state index in [4.69, 9.17) is 16.1 Å². The number of halogens is 1. The number of nitrogens with one attached hydrogen (secondary N) is 1. The first-order valence-electron chi connectivity index (χ1n) is 9.42. The minimum Gasteiger partial charge on any atom is -0.355 e. The Bertz CT molecular complexity index is 907. The highest BCUT2D eigenvalue weighted by Crippen LogP contribution is 2.27. The van der Waals surface area contributed by atoms with Gasteiger partial charge in [0.05, 0.1) is 6.04 Å². The quantitative estimate of drug-likeness (QED) is 0.592. The summed E-state index contributed by atoms with van der Waals surface area (Å²) in [6.45, 7) is 6.32. The zero-order valence-corrected chi connectivity index (χ0v) is 16.8. The number of benzene rings is 2. The van der Waals surface area contributed by atoms with Crippen LogP contribution in [0.25, 0.3) is 11.3 Å². The summed E-state index contributed by atoms with van der Waals surface area (Å²) in [7, 11) is 0. The van der Waals surface area contributed by atoms with Crippen molar-refractivity contribution in [3.8, 4) is 11.3 Å². The second-order valence-corrected chi connectivity index (χ2v) is 6.82. The molecule has 0 spiro atoms. The van der Waals surface area contributed by atoms with Crippen LogP contribution in [0.1, 0.15) is 35.9 Å². The molecule has 6 heteroatoms. The Hall–Kier alpha value is -2.63. The minimum atomic E-state index is -0.268. The molecule has 0 radical (unpaired) electrons. The number of carbonyl (C=O) groups is 1. The van der Waals surface area contributed by atoms with Crippen LogP contribution < -0.4 is 5.32 Å². The predicted octanol–water partition coefficient (Wildman–Crippen LogP) is 4.81. The summed E-state index contributed by atoms with van der Waals surface area (Å²) in [5.74, 6) is 0.298. The first kappa shape index (κ1) is 20.1. The van der Waals surface area contributed by atoms with Gasteiger partial charge in [-0.05, 0) is 24.7 Å². The molecule has 3 aromatic rings. The lowest BCUT2D eigenvalue weighted by Gasteiger charge is -2.30. The van der Waals surface area contributed by atoms with E-state index in [0.29, 0.717) is 17.3 Å². The maximum Gasteiger partial charge on any atom is 0.273 e. The van der Waals surface area contributed by atoms with Crippen LogP contribution in [0.2, 0.25) is 5.02 Å². The van der Waals surface area contributed by atoms with Crippen LogP contribution in [-0.2, 0) is 0 Å². The van der Waals surface area contributed by atoms with Gasteiger partial charge in [-0.3, -0.25) is 9.69 Å². The van der Waals surface area contributed by atoms with Crippen LogP contribution in [-0.4, -0.2) is 35.6 Å². The van der Waals surface area contributed by atoms with E-state index in [0.717, 1.165) is 24.2 Å². The summed E-state index contributed by atoms with van der Waals surface area (Å²) >= 11 is 6.41. The van der Waals surface area contributed by atoms with E-state index in [-0.39, 0.29) is 17.6 Å². The molecule has 5 nitrogen and oxygen atoms in total. The molecule has 0 fully saturated rings. The molecule has 0 aliphatic heterocycles. The molecule has 1 N–H and O–H groups in total. The van der Waals surface area contributed by atoms with E-state index in [1.54, 1.807) is 6.07 Å². The summed E-state index contributed by atoms with van der Waals surface area (Å²) in [5.41, 5.74) is 2.14. The molecular weight excluding hydrogens is 374 g/mol. The van der Waals surface area contributed by atoms with Crippen LogP contribution in [0.15, 0.2) is 65.2 Å². The lowest BCUT2D eigenvalue weighted by Crippen LogP contribution is -2.38. The van der Waals surface area contributed by atoms with Crippen molar-refractivity contribution >= 4 is 17.5 Å². The number of carbonyl (C=O) groups excluding carboxylic acids is 1. The number of nitrogens with zero attached hydrogens (tertiary/aromatic N) is 2. The number of aromatic nitrogens is 1. The third-order valence-corrected chi connectivity index (χ3v) is 5.12. The fraction of sp³-hybridized carbons (Fsp3) is 0.273. The first-order chi connectivity index (χ1) is 13.6. The molecule has 146 valence electrons. The van der Waals surface area contributed by atoms with Crippen molar-refractivity contribution in [1.82, 2.24) is 15.4 Å². The highest BCUT2D eigenvalue weighted by atomic mass is 35.5. The van der Waals surface area contributed by atoms with E-state index in [9.17, 15) is 4.79 Å². The Balaban J connectivity index is 1.74. The molecule has 1 atom stereocenters. The molecule has 1 amide bonds. The van der Waals surface area contributed by atoms with Gasteiger partial charge in [0.25, 0.3) is 5.91 Å². The molecule has 3 rings (SSSR count). The molecule has 0 saturated heterocycles. The summed E-state index contributed by atoms with van der Waals surface area (Å²) in [6, 6.07) is 19.0. The van der Waals surface area contributed by atoms with Crippen molar-refractivity contribution in [3.63, 3.8) is 0 Å². The number of likely N-dealkylation sites (N-methyl/N-ethyl adjacent to an activating group) is 1. The van der Waals surface area contributed by atoms with Gasteiger partial charge in [-0.1, -0.05) is 79.1 Å². The van der Waals surface area contributed by atoms with Crippen LogP contribution in [0.5, 0.6) is 0 Å². The number of hydrogen-bond acceptors (Lipinski definition) is 4. The molecule has 0 bridgehead atoms. The molecular formula is C22H24ClN3O2. The Kier molecular flexibility index (Phi) is 6.85. The van der Waals surface area contributed by atoms with Gasteiger partial charge in [-0.25, -0.2) is 0 Å². The fourth-order valence-corrected chi connectivity index (χ4v) is 3.51. The van der Waals surface area contributed by atoms with Gasteiger partial charge >= 0.3 is 0 Å². The fourth-order valence-electron chi connectivity index (χ4n) is 3.25. The summed E-state index contributed by atoms with van der Waals surface area (Å²) in [4.78, 5) is 14.9. The van der Waals surface area contributed by atoms with Crippen molar-refractivity contribution in [2.45, 2.75) is 19.9 Å². The maximum absolute atomic E-state index is 12.6. The monoisotopic (exact) mass is 397 g/mol. The van der Waals surface area contributed by atoms with Gasteiger partial charge in [-0.15, -0.1) is 0 Å². The zero-order valence-electron chi connectivity index (χ0n) is 16.1. The molecule has 0 unspecified atom stereocenters. The molecule has 1 heterocycles. The summed E-state index contributed by atoms with van der Waals surface area (Å²) in [6.07, 6.45) is 0. The van der Waals surface area contributed by atoms with Crippen LogP contribution >= 0.6 is 11.6 Å². The third-order valence-electron chi connectivity index (χ3n) is 4.77. The van der Waals surface area contributed by atoms with Gasteiger partial charge < -0.3 is 9.84 Å². The number of hydrogen-bond donors (Lipinski definition) is 1. The first-order valence-corrected chi connectivity index (χ1v) is 9.80. The van der Waals surface area contributed by atoms with Crippen LogP contribution in [0.3, 0.4) is 0 Å². The van der Waals surface area contributed by atoms with E-state index < -0.39 is 0 Å². The minimum absolute atomic E-state index is 0.0202. The molecule has 0 aliphatic rings. The molecule has 1 aromatic heterocycles. The molecule has 0 saturated carbocycles. The molecule has 28 heavy (non-hydrogen) atoms. The molecule has 2 aromatic carbocycles. The van der Waals surface area contributed by atoms with Gasteiger partial charge in [0.15, 0.2) is 11.5 Å². The van der Waals surface area contributed by atoms with E-state index in [1.807, 2.05) is 54.6 Å². The second kappa shape index (κ2) is 9.53. The SMILES string of the molecule is CCN(CC)[C@H](CNC(=O)c1cc(-c2ccccc2)on1)c1ccccc1Cl. The standard InChI is InChI=1S/C22H24ClN3O2/c1-3-26(4-2)20(17-12-8-9-13-18(17)23)15-24-22(27)19-14-21(28-25-19)16-10-6-5-7-11-16/h5-14,20H,3-4,15H2,1-2H3,(H,24,27)/t20-/m1/s1. The largest absolute Gasteiger partial charge is 0.355 e. The van der Waals surface area contributed by atoms with Crippen molar-refractivity contribution in [2.75, 3.05) is 19.6 Å². The van der Waals surface area contributed by atoms with E-state index in [2.05, 4.69) is 29.2 Å². The second-order valence-electron chi connectivity index (χ2n) is 6.41. The Morgan fingerprint density at radius 1 is 1.11 bits per heavy atom. The van der Waals surface area contributed by atoms with Crippen LogP contribution in [0, 0.1) is 0 Å². The normalized spacial score (nSPS) is 12.1. The van der Waals surface area contributed by atoms with Crippen molar-refractivity contribution in [3.05, 3.63) is 76.9 Å². The lowest BCUT2D eigenvalue weighted by molar-refractivity contribution is 0.0926. The average Bonchev–Trinajstić information content (AvgIpc) is 3.23. The molecule has 0 aliphatic carbocycles. The Labute approximate surface area is 170 Å². The van der Waals surface area contributed by atoms with E-state index >= 15 is 0 Å². The third kappa shape index (κ3) is 4.61. The number of amides is 1. The maximum atomic E-state index is 12.6. The van der Waals surface area contributed by atoms with Crippen LogP contribution in [0.4, 0.5) is 0 Å². The Morgan fingerprint density at radius 3 is 2.46 bits per heavy atom. The highest BCUT2D eigenvalue weighted by Gasteiger charge is 2.22. The number of rotatable bonds is 8.